The van der Waals surface area contributed by atoms with Crippen LogP contribution >= 0.6 is 31.9 Å². The van der Waals surface area contributed by atoms with Gasteiger partial charge in [-0.05, 0) is 48.9 Å². The fourth-order valence-electron chi connectivity index (χ4n) is 3.69. The van der Waals surface area contributed by atoms with E-state index in [0.717, 1.165) is 14.7 Å². The first kappa shape index (κ1) is 23.9. The molecule has 0 atom stereocenters. The Hall–Kier alpha value is -3.77. The largest absolute Gasteiger partial charge is 0.481 e. The SMILES string of the molecule is Cc1nc2ccc(Br)cc2c(=O)n1N=Cc1cc(Br)cc([N+](=O)[O-])c1OCc1ccc2c(c1)OCO2. The normalized spacial score (nSPS) is 12.4. The van der Waals surface area contributed by atoms with E-state index >= 15 is 0 Å². The molecule has 2 heterocycles. The molecule has 0 radical (unpaired) electrons. The lowest BCUT2D eigenvalue weighted by Crippen LogP contribution is -2.20. The highest BCUT2D eigenvalue weighted by Crippen LogP contribution is 2.36. The van der Waals surface area contributed by atoms with Crippen molar-refractivity contribution in [2.24, 2.45) is 5.10 Å². The molecule has 12 heteroatoms. The zero-order valence-electron chi connectivity index (χ0n) is 18.6. The number of nitro groups is 1. The topological polar surface area (TPSA) is 118 Å². The maximum atomic E-state index is 13.1. The van der Waals surface area contributed by atoms with E-state index in [1.807, 2.05) is 0 Å². The van der Waals surface area contributed by atoms with Crippen LogP contribution in [-0.4, -0.2) is 27.6 Å². The minimum absolute atomic E-state index is 0.00631. The second kappa shape index (κ2) is 9.70. The molecule has 5 rings (SSSR count). The molecule has 10 nitrogen and oxygen atoms in total. The molecular weight excluding hydrogens is 600 g/mol. The summed E-state index contributed by atoms with van der Waals surface area (Å²) in [6.45, 7) is 1.82. The second-order valence-corrected chi connectivity index (χ2v) is 9.59. The Morgan fingerprint density at radius 2 is 1.94 bits per heavy atom. The quantitative estimate of drug-likeness (QED) is 0.163. The van der Waals surface area contributed by atoms with Gasteiger partial charge in [0, 0.05) is 20.6 Å². The first-order valence-electron chi connectivity index (χ1n) is 10.5. The summed E-state index contributed by atoms with van der Waals surface area (Å²) in [5, 5.41) is 16.5. The Morgan fingerprint density at radius 3 is 2.75 bits per heavy atom. The number of hydrogen-bond acceptors (Lipinski definition) is 8. The highest BCUT2D eigenvalue weighted by Gasteiger charge is 2.21. The molecule has 0 spiro atoms. The molecule has 0 saturated carbocycles. The maximum absolute atomic E-state index is 13.1. The summed E-state index contributed by atoms with van der Waals surface area (Å²) in [5.41, 5.74) is 0.949. The van der Waals surface area contributed by atoms with E-state index in [-0.39, 0.29) is 30.4 Å². The summed E-state index contributed by atoms with van der Waals surface area (Å²) in [4.78, 5) is 28.8. The molecule has 1 aliphatic rings. The van der Waals surface area contributed by atoms with Gasteiger partial charge in [-0.25, -0.2) is 4.98 Å². The standard InChI is InChI=1S/C24H16Br2N4O6/c1-13-28-19-4-3-16(25)8-18(19)24(31)29(13)27-10-15-7-17(26)9-20(30(32)33)23(15)34-11-14-2-5-21-22(6-14)36-12-35-21/h2-10H,11-12H2,1H3. The molecular formula is C24H16Br2N4O6. The predicted molar refractivity (Wildman–Crippen MR) is 139 cm³/mol. The van der Waals surface area contributed by atoms with Gasteiger partial charge >= 0.3 is 5.69 Å². The van der Waals surface area contributed by atoms with E-state index in [2.05, 4.69) is 41.9 Å². The highest BCUT2D eigenvalue weighted by atomic mass is 79.9. The third-order valence-electron chi connectivity index (χ3n) is 5.36. The van der Waals surface area contributed by atoms with Crippen molar-refractivity contribution < 1.29 is 19.1 Å². The van der Waals surface area contributed by atoms with Gasteiger partial charge in [-0.2, -0.15) is 9.78 Å². The van der Waals surface area contributed by atoms with Gasteiger partial charge in [-0.3, -0.25) is 14.9 Å². The number of aromatic nitrogens is 2. The summed E-state index contributed by atoms with van der Waals surface area (Å²) < 4.78 is 18.9. The van der Waals surface area contributed by atoms with Gasteiger partial charge in [-0.15, -0.1) is 0 Å². The Kier molecular flexibility index (Phi) is 6.46. The molecule has 0 amide bonds. The molecule has 0 aliphatic carbocycles. The van der Waals surface area contributed by atoms with Crippen LogP contribution in [0.1, 0.15) is 17.0 Å². The van der Waals surface area contributed by atoms with Gasteiger partial charge < -0.3 is 14.2 Å². The number of nitro benzene ring substituents is 1. The molecule has 0 bridgehead atoms. The summed E-state index contributed by atoms with van der Waals surface area (Å²) in [7, 11) is 0. The van der Waals surface area contributed by atoms with E-state index in [1.54, 1.807) is 49.4 Å². The van der Waals surface area contributed by atoms with Crippen LogP contribution in [-0.2, 0) is 6.61 Å². The van der Waals surface area contributed by atoms with Crippen LogP contribution in [0, 0.1) is 17.0 Å². The molecule has 36 heavy (non-hydrogen) atoms. The van der Waals surface area contributed by atoms with Crippen LogP contribution in [0.5, 0.6) is 17.2 Å². The summed E-state index contributed by atoms with van der Waals surface area (Å²) in [6.07, 6.45) is 1.34. The fourth-order valence-corrected chi connectivity index (χ4v) is 4.52. The van der Waals surface area contributed by atoms with Crippen molar-refractivity contribution in [1.29, 1.82) is 0 Å². The van der Waals surface area contributed by atoms with E-state index in [9.17, 15) is 14.9 Å². The Bertz CT molecular complexity index is 1620. The fraction of sp³-hybridized carbons (Fsp3) is 0.125. The van der Waals surface area contributed by atoms with Crippen molar-refractivity contribution in [2.75, 3.05) is 6.79 Å². The van der Waals surface area contributed by atoms with Crippen LogP contribution < -0.4 is 19.8 Å². The summed E-state index contributed by atoms with van der Waals surface area (Å²) in [6, 6.07) is 13.5. The van der Waals surface area contributed by atoms with Gasteiger partial charge in [0.25, 0.3) is 5.56 Å². The van der Waals surface area contributed by atoms with Crippen molar-refractivity contribution >= 4 is 54.7 Å². The molecule has 182 valence electrons. The van der Waals surface area contributed by atoms with Crippen molar-refractivity contribution in [3.8, 4) is 17.2 Å². The van der Waals surface area contributed by atoms with Gasteiger partial charge in [0.15, 0.2) is 11.5 Å². The molecule has 0 fully saturated rings. The lowest BCUT2D eigenvalue weighted by atomic mass is 10.1. The molecule has 0 N–H and O–H groups in total. The lowest BCUT2D eigenvalue weighted by molar-refractivity contribution is -0.386. The molecule has 4 aromatic rings. The Balaban J connectivity index is 1.53. The van der Waals surface area contributed by atoms with Gasteiger partial charge in [0.1, 0.15) is 12.4 Å². The zero-order valence-corrected chi connectivity index (χ0v) is 21.8. The van der Waals surface area contributed by atoms with Crippen molar-refractivity contribution in [3.63, 3.8) is 0 Å². The van der Waals surface area contributed by atoms with E-state index in [4.69, 9.17) is 14.2 Å². The number of nitrogens with zero attached hydrogens (tertiary/aromatic N) is 4. The molecule has 1 aliphatic heterocycles. The first-order valence-corrected chi connectivity index (χ1v) is 12.1. The number of benzene rings is 3. The van der Waals surface area contributed by atoms with Crippen LogP contribution in [0.3, 0.4) is 0 Å². The Morgan fingerprint density at radius 1 is 1.14 bits per heavy atom. The number of halogens is 2. The lowest BCUT2D eigenvalue weighted by Gasteiger charge is -2.11. The van der Waals surface area contributed by atoms with Crippen molar-refractivity contribution in [3.05, 3.63) is 94.9 Å². The predicted octanol–water partition coefficient (Wildman–Crippen LogP) is 5.33. The monoisotopic (exact) mass is 614 g/mol. The average molecular weight is 616 g/mol. The third-order valence-corrected chi connectivity index (χ3v) is 6.31. The smallest absolute Gasteiger partial charge is 0.312 e. The number of fused-ring (bicyclic) bond motifs is 2. The maximum Gasteiger partial charge on any atom is 0.312 e. The average Bonchev–Trinajstić information content (AvgIpc) is 3.31. The van der Waals surface area contributed by atoms with Gasteiger partial charge in [0.2, 0.25) is 12.5 Å². The van der Waals surface area contributed by atoms with E-state index < -0.39 is 4.92 Å². The highest BCUT2D eigenvalue weighted by molar-refractivity contribution is 9.10. The van der Waals surface area contributed by atoms with Gasteiger partial charge in [-0.1, -0.05) is 37.9 Å². The van der Waals surface area contributed by atoms with Crippen LogP contribution in [0.25, 0.3) is 10.9 Å². The van der Waals surface area contributed by atoms with Crippen LogP contribution in [0.15, 0.2) is 67.4 Å². The molecule has 1 aromatic heterocycles. The minimum atomic E-state index is -0.538. The van der Waals surface area contributed by atoms with E-state index in [1.165, 1.54) is 12.3 Å². The van der Waals surface area contributed by atoms with Gasteiger partial charge in [0.05, 0.1) is 22.0 Å². The molecule has 0 unspecified atom stereocenters. The number of ether oxygens (including phenoxy) is 3. The number of aryl methyl sites for hydroxylation is 1. The summed E-state index contributed by atoms with van der Waals surface area (Å²) in [5.74, 6) is 1.57. The van der Waals surface area contributed by atoms with E-state index in [0.29, 0.717) is 38.3 Å². The van der Waals surface area contributed by atoms with Crippen LogP contribution in [0.4, 0.5) is 5.69 Å². The minimum Gasteiger partial charge on any atom is -0.481 e. The second-order valence-electron chi connectivity index (χ2n) is 7.76. The first-order chi connectivity index (χ1) is 17.3. The zero-order chi connectivity index (χ0) is 25.4. The third kappa shape index (κ3) is 4.69. The van der Waals surface area contributed by atoms with Crippen molar-refractivity contribution in [1.82, 2.24) is 9.66 Å². The molecule has 0 saturated heterocycles. The Labute approximate surface area is 220 Å². The summed E-state index contributed by atoms with van der Waals surface area (Å²) >= 11 is 6.67. The molecule has 3 aromatic carbocycles. The van der Waals surface area contributed by atoms with Crippen molar-refractivity contribution in [2.45, 2.75) is 13.5 Å². The van der Waals surface area contributed by atoms with Crippen LogP contribution in [0.2, 0.25) is 0 Å². The number of hydrogen-bond donors (Lipinski definition) is 0. The number of rotatable bonds is 6.